The Hall–Kier alpha value is -2.17. The fraction of sp³-hybridized carbons (Fsp3) is 0.500. The average Bonchev–Trinajstić information content (AvgIpc) is 2.87. The predicted octanol–water partition coefficient (Wildman–Crippen LogP) is 3.82. The van der Waals surface area contributed by atoms with Crippen LogP contribution in [0.2, 0.25) is 0 Å². The van der Waals surface area contributed by atoms with Crippen LogP contribution in [0.3, 0.4) is 0 Å². The van der Waals surface area contributed by atoms with Crippen LogP contribution in [-0.4, -0.2) is 25.8 Å². The van der Waals surface area contributed by atoms with Crippen molar-refractivity contribution >= 4 is 5.97 Å². The summed E-state index contributed by atoms with van der Waals surface area (Å²) in [6.45, 7) is 10.4. The van der Waals surface area contributed by atoms with Gasteiger partial charge in [-0.25, -0.2) is 14.5 Å². The van der Waals surface area contributed by atoms with E-state index < -0.39 is 5.97 Å². The maximum Gasteiger partial charge on any atom is 0.356 e. The molecule has 0 amide bonds. The number of rotatable bonds is 2. The van der Waals surface area contributed by atoms with Gasteiger partial charge in [0.15, 0.2) is 11.5 Å². The molecule has 5 heteroatoms. The molecular formula is C18H25N3O2. The molecule has 124 valence electrons. The van der Waals surface area contributed by atoms with Gasteiger partial charge in [0.2, 0.25) is 0 Å². The summed E-state index contributed by atoms with van der Waals surface area (Å²) >= 11 is 0. The number of carboxylic acids is 1. The van der Waals surface area contributed by atoms with E-state index in [9.17, 15) is 9.90 Å². The molecule has 2 aromatic heterocycles. The molecule has 3 rings (SSSR count). The van der Waals surface area contributed by atoms with Crippen LogP contribution in [0.4, 0.5) is 0 Å². The van der Waals surface area contributed by atoms with Crippen molar-refractivity contribution < 1.29 is 9.90 Å². The molecule has 1 aliphatic rings. The topological polar surface area (TPSA) is 68.0 Å². The van der Waals surface area contributed by atoms with E-state index >= 15 is 0 Å². The molecule has 2 heterocycles. The molecule has 0 saturated carbocycles. The normalized spacial score (nSPS) is 15.3. The smallest absolute Gasteiger partial charge is 0.356 e. The van der Waals surface area contributed by atoms with Crippen LogP contribution < -0.4 is 0 Å². The summed E-state index contributed by atoms with van der Waals surface area (Å²) in [6, 6.07) is 3.85. The van der Waals surface area contributed by atoms with Crippen LogP contribution >= 0.6 is 0 Å². The Balaban J connectivity index is 0.000000924. The first-order valence-corrected chi connectivity index (χ1v) is 8.14. The first-order valence-electron chi connectivity index (χ1n) is 8.14. The van der Waals surface area contributed by atoms with E-state index in [-0.39, 0.29) is 11.1 Å². The first-order chi connectivity index (χ1) is 10.9. The predicted molar refractivity (Wildman–Crippen MR) is 90.2 cm³/mol. The zero-order valence-electron chi connectivity index (χ0n) is 14.6. The molecule has 1 aliphatic carbocycles. The lowest BCUT2D eigenvalue weighted by molar-refractivity contribution is 0.0688. The molecule has 0 atom stereocenters. The Morgan fingerprint density at radius 2 is 2.04 bits per heavy atom. The third-order valence-electron chi connectivity index (χ3n) is 4.11. The summed E-state index contributed by atoms with van der Waals surface area (Å²) in [5.41, 5.74) is 3.26. The number of hydrogen-bond donors (Lipinski definition) is 1. The lowest BCUT2D eigenvalue weighted by Gasteiger charge is -2.29. The molecular weight excluding hydrogens is 290 g/mol. The largest absolute Gasteiger partial charge is 0.476 e. The molecule has 0 unspecified atom stereocenters. The van der Waals surface area contributed by atoms with Crippen LogP contribution in [0.15, 0.2) is 18.3 Å². The molecule has 5 nitrogen and oxygen atoms in total. The molecule has 0 aromatic carbocycles. The van der Waals surface area contributed by atoms with E-state index in [1.54, 1.807) is 10.9 Å². The number of pyridine rings is 1. The lowest BCUT2D eigenvalue weighted by atomic mass is 9.76. The second-order valence-electron chi connectivity index (χ2n) is 6.52. The Bertz CT molecular complexity index is 717. The minimum absolute atomic E-state index is 0.157. The summed E-state index contributed by atoms with van der Waals surface area (Å²) in [4.78, 5) is 15.8. The summed E-state index contributed by atoms with van der Waals surface area (Å²) in [7, 11) is 0. The fourth-order valence-corrected chi connectivity index (χ4v) is 2.93. The molecule has 0 bridgehead atoms. The lowest BCUT2D eigenvalue weighted by Crippen LogP contribution is -2.24. The number of hydrogen-bond acceptors (Lipinski definition) is 3. The second kappa shape index (κ2) is 6.52. The number of fused-ring (bicyclic) bond motifs is 1. The van der Waals surface area contributed by atoms with Crippen LogP contribution in [0.25, 0.3) is 5.82 Å². The highest BCUT2D eigenvalue weighted by Gasteiger charge is 2.33. The quantitative estimate of drug-likeness (QED) is 0.915. The maximum atomic E-state index is 11.4. The van der Waals surface area contributed by atoms with Crippen molar-refractivity contribution in [3.63, 3.8) is 0 Å². The van der Waals surface area contributed by atoms with Gasteiger partial charge in [-0.15, -0.1) is 0 Å². The van der Waals surface area contributed by atoms with Crippen molar-refractivity contribution in [2.75, 3.05) is 0 Å². The van der Waals surface area contributed by atoms with Gasteiger partial charge >= 0.3 is 5.97 Å². The van der Waals surface area contributed by atoms with Gasteiger partial charge in [-0.1, -0.05) is 27.7 Å². The average molecular weight is 315 g/mol. The summed E-state index contributed by atoms with van der Waals surface area (Å²) in [5, 5.41) is 13.7. The van der Waals surface area contributed by atoms with Crippen molar-refractivity contribution in [3.05, 3.63) is 40.8 Å². The number of carboxylic acid groups (broad SMARTS) is 1. The van der Waals surface area contributed by atoms with E-state index in [1.165, 1.54) is 0 Å². The molecule has 0 spiro atoms. The SMILES string of the molecule is CC.Cc1ccnc(-n2nc(C(=O)O)c3c2CC(C)(C)CC3)c1. The minimum Gasteiger partial charge on any atom is -0.476 e. The molecule has 0 fully saturated rings. The van der Waals surface area contributed by atoms with Gasteiger partial charge in [-0.3, -0.25) is 0 Å². The van der Waals surface area contributed by atoms with Gasteiger partial charge in [0, 0.05) is 11.8 Å². The van der Waals surface area contributed by atoms with E-state index in [0.29, 0.717) is 5.82 Å². The fourth-order valence-electron chi connectivity index (χ4n) is 2.93. The summed E-state index contributed by atoms with van der Waals surface area (Å²) in [6.07, 6.45) is 4.29. The molecule has 0 saturated heterocycles. The van der Waals surface area contributed by atoms with Crippen molar-refractivity contribution in [2.24, 2.45) is 5.41 Å². The Morgan fingerprint density at radius 1 is 1.35 bits per heavy atom. The zero-order chi connectivity index (χ0) is 17.2. The number of aryl methyl sites for hydroxylation is 1. The first kappa shape index (κ1) is 17.2. The van der Waals surface area contributed by atoms with Gasteiger partial charge in [0.1, 0.15) is 0 Å². The van der Waals surface area contributed by atoms with Crippen molar-refractivity contribution in [2.45, 2.75) is 53.9 Å². The van der Waals surface area contributed by atoms with E-state index in [1.807, 2.05) is 32.9 Å². The molecule has 0 aliphatic heterocycles. The zero-order valence-corrected chi connectivity index (χ0v) is 14.6. The highest BCUT2D eigenvalue weighted by atomic mass is 16.4. The number of aromatic carboxylic acids is 1. The molecule has 0 radical (unpaired) electrons. The van der Waals surface area contributed by atoms with E-state index in [4.69, 9.17) is 0 Å². The number of carbonyl (C=O) groups is 1. The minimum atomic E-state index is -0.961. The van der Waals surface area contributed by atoms with Crippen LogP contribution in [0.1, 0.15) is 61.4 Å². The Morgan fingerprint density at radius 3 is 2.65 bits per heavy atom. The second-order valence-corrected chi connectivity index (χ2v) is 6.52. The highest BCUT2D eigenvalue weighted by Crippen LogP contribution is 2.36. The maximum absolute atomic E-state index is 11.4. The Labute approximate surface area is 137 Å². The third kappa shape index (κ3) is 3.44. The third-order valence-corrected chi connectivity index (χ3v) is 4.11. The Kier molecular flexibility index (Phi) is 4.88. The number of nitrogens with zero attached hydrogens (tertiary/aromatic N) is 3. The molecule has 2 aromatic rings. The van der Waals surface area contributed by atoms with Crippen molar-refractivity contribution in [1.29, 1.82) is 0 Å². The van der Waals surface area contributed by atoms with Gasteiger partial charge in [-0.2, -0.15) is 5.10 Å². The monoisotopic (exact) mass is 315 g/mol. The van der Waals surface area contributed by atoms with E-state index in [2.05, 4.69) is 23.9 Å². The van der Waals surface area contributed by atoms with E-state index in [0.717, 1.165) is 36.1 Å². The summed E-state index contributed by atoms with van der Waals surface area (Å²) < 4.78 is 1.71. The van der Waals surface area contributed by atoms with Crippen LogP contribution in [0, 0.1) is 12.3 Å². The van der Waals surface area contributed by atoms with Gasteiger partial charge < -0.3 is 5.11 Å². The van der Waals surface area contributed by atoms with Crippen molar-refractivity contribution in [3.8, 4) is 5.82 Å². The summed E-state index contributed by atoms with van der Waals surface area (Å²) in [5.74, 6) is -0.270. The van der Waals surface area contributed by atoms with Gasteiger partial charge in [-0.05, 0) is 49.3 Å². The van der Waals surface area contributed by atoms with Crippen LogP contribution in [-0.2, 0) is 12.8 Å². The number of aromatic nitrogens is 3. The van der Waals surface area contributed by atoms with Gasteiger partial charge in [0.25, 0.3) is 0 Å². The molecule has 1 N–H and O–H groups in total. The van der Waals surface area contributed by atoms with Gasteiger partial charge in [0.05, 0.1) is 5.69 Å². The van der Waals surface area contributed by atoms with Crippen LogP contribution in [0.5, 0.6) is 0 Å². The standard InChI is InChI=1S/C16H19N3O2.C2H6/c1-10-5-7-17-13(8-10)19-12-9-16(2,3)6-4-11(12)14(18-19)15(20)21;1-2/h5,7-8H,4,6,9H2,1-3H3,(H,20,21);1-2H3. The molecule has 23 heavy (non-hydrogen) atoms. The highest BCUT2D eigenvalue weighted by molar-refractivity contribution is 5.87. The van der Waals surface area contributed by atoms with Crippen molar-refractivity contribution in [1.82, 2.24) is 14.8 Å².